The minimum Gasteiger partial charge on any atom is -0.349 e. The van der Waals surface area contributed by atoms with E-state index in [4.69, 9.17) is 0 Å². The highest BCUT2D eigenvalue weighted by Gasteiger charge is 2.31. The molecule has 0 bridgehead atoms. The molecule has 4 nitrogen and oxygen atoms in total. The Bertz CT molecular complexity index is 918. The van der Waals surface area contributed by atoms with Gasteiger partial charge in [0.15, 0.2) is 0 Å². The smallest absolute Gasteiger partial charge is 0.246 e. The second-order valence-corrected chi connectivity index (χ2v) is 7.75. The van der Waals surface area contributed by atoms with Crippen LogP contribution in [0.1, 0.15) is 42.0 Å². The molecule has 1 N–H and O–H groups in total. The van der Waals surface area contributed by atoms with E-state index in [0.717, 1.165) is 23.1 Å². The Morgan fingerprint density at radius 2 is 1.76 bits per heavy atom. The molecule has 4 rings (SSSR count). The fourth-order valence-corrected chi connectivity index (χ4v) is 4.25. The molecule has 2 aliphatic rings. The molecule has 1 unspecified atom stereocenters. The van der Waals surface area contributed by atoms with Gasteiger partial charge >= 0.3 is 0 Å². The molecule has 1 atom stereocenters. The normalized spacial score (nSPS) is 19.3. The van der Waals surface area contributed by atoms with Crippen molar-refractivity contribution in [2.75, 3.05) is 13.1 Å². The lowest BCUT2D eigenvalue weighted by Gasteiger charge is -2.31. The predicted molar refractivity (Wildman–Crippen MR) is 110 cm³/mol. The summed E-state index contributed by atoms with van der Waals surface area (Å²) in [5.74, 6) is -0.295. The van der Waals surface area contributed by atoms with Crippen LogP contribution < -0.4 is 5.32 Å². The number of hydrogen-bond acceptors (Lipinski definition) is 2. The summed E-state index contributed by atoms with van der Waals surface area (Å²) >= 11 is 0. The van der Waals surface area contributed by atoms with Gasteiger partial charge in [0.25, 0.3) is 0 Å². The first kappa shape index (κ1) is 19.4. The number of halogens is 1. The number of rotatable bonds is 4. The summed E-state index contributed by atoms with van der Waals surface area (Å²) in [6, 6.07) is 14.7. The van der Waals surface area contributed by atoms with Gasteiger partial charge in [-0.25, -0.2) is 4.39 Å². The highest BCUT2D eigenvalue weighted by Crippen LogP contribution is 2.33. The van der Waals surface area contributed by atoms with Crippen molar-refractivity contribution >= 4 is 17.9 Å². The lowest BCUT2D eigenvalue weighted by molar-refractivity contribution is -0.132. The monoisotopic (exact) mass is 392 g/mol. The number of nitrogens with one attached hydrogen (secondary N) is 1. The highest BCUT2D eigenvalue weighted by atomic mass is 19.1. The molecule has 1 heterocycles. The molecular weight excluding hydrogens is 367 g/mol. The van der Waals surface area contributed by atoms with E-state index in [1.807, 2.05) is 42.5 Å². The van der Waals surface area contributed by atoms with Gasteiger partial charge in [0.2, 0.25) is 11.8 Å². The molecule has 0 saturated carbocycles. The van der Waals surface area contributed by atoms with Crippen molar-refractivity contribution in [3.8, 4) is 0 Å². The molecule has 1 saturated heterocycles. The van der Waals surface area contributed by atoms with E-state index < -0.39 is 0 Å². The van der Waals surface area contributed by atoms with Gasteiger partial charge in [-0.05, 0) is 54.5 Å². The van der Waals surface area contributed by atoms with Crippen LogP contribution in [0.15, 0.2) is 54.6 Å². The van der Waals surface area contributed by atoms with Gasteiger partial charge in [0, 0.05) is 25.1 Å². The van der Waals surface area contributed by atoms with E-state index in [2.05, 4.69) is 5.32 Å². The lowest BCUT2D eigenvalue weighted by atomic mass is 9.95. The minimum atomic E-state index is -0.186. The van der Waals surface area contributed by atoms with Gasteiger partial charge in [-0.1, -0.05) is 42.5 Å². The third-order valence-corrected chi connectivity index (χ3v) is 5.93. The molecule has 2 aromatic rings. The number of likely N-dealkylation sites (tertiary alicyclic amines) is 1. The summed E-state index contributed by atoms with van der Waals surface area (Å²) in [7, 11) is 0. The fourth-order valence-electron chi connectivity index (χ4n) is 4.25. The fraction of sp³-hybridized carbons (Fsp3) is 0.333. The molecule has 5 heteroatoms. The standard InChI is InChI=1S/C24H25FN2O2/c25-21-8-4-7-20-19(21)10-11-22(20)26-24(29)18-13-15-27(16-14-18)23(28)12-9-17-5-2-1-3-6-17/h1-9,12,18,22H,10-11,13-16H2,(H,26,29)/b12-9+. The van der Waals surface area contributed by atoms with Crippen molar-refractivity contribution in [3.05, 3.63) is 77.1 Å². The zero-order chi connectivity index (χ0) is 20.2. The van der Waals surface area contributed by atoms with Crippen LogP contribution >= 0.6 is 0 Å². The maximum absolute atomic E-state index is 13.9. The van der Waals surface area contributed by atoms with Crippen molar-refractivity contribution in [1.82, 2.24) is 10.2 Å². The van der Waals surface area contributed by atoms with E-state index in [1.54, 1.807) is 17.0 Å². The third-order valence-electron chi connectivity index (χ3n) is 5.93. The second-order valence-electron chi connectivity index (χ2n) is 7.75. The lowest BCUT2D eigenvalue weighted by Crippen LogP contribution is -2.43. The van der Waals surface area contributed by atoms with Gasteiger partial charge in [0.1, 0.15) is 5.82 Å². The molecule has 29 heavy (non-hydrogen) atoms. The Labute approximate surface area is 170 Å². The van der Waals surface area contributed by atoms with Crippen LogP contribution in [0.4, 0.5) is 4.39 Å². The number of fused-ring (bicyclic) bond motifs is 1. The average molecular weight is 392 g/mol. The summed E-state index contributed by atoms with van der Waals surface area (Å²) in [4.78, 5) is 26.9. The minimum absolute atomic E-state index is 0.0130. The van der Waals surface area contributed by atoms with Crippen molar-refractivity contribution < 1.29 is 14.0 Å². The first-order chi connectivity index (χ1) is 14.1. The topological polar surface area (TPSA) is 49.4 Å². The van der Waals surface area contributed by atoms with Gasteiger partial charge in [-0.3, -0.25) is 9.59 Å². The molecule has 1 aliphatic heterocycles. The van der Waals surface area contributed by atoms with Crippen LogP contribution in [0.25, 0.3) is 6.08 Å². The molecule has 1 aliphatic carbocycles. The van der Waals surface area contributed by atoms with Gasteiger partial charge in [0.05, 0.1) is 6.04 Å². The van der Waals surface area contributed by atoms with Crippen LogP contribution in [0.5, 0.6) is 0 Å². The Balaban J connectivity index is 1.29. The van der Waals surface area contributed by atoms with Crippen molar-refractivity contribution in [2.24, 2.45) is 5.92 Å². The molecule has 0 radical (unpaired) electrons. The summed E-state index contributed by atoms with van der Waals surface area (Å²) in [5, 5.41) is 3.10. The maximum atomic E-state index is 13.9. The number of nitrogens with zero attached hydrogens (tertiary/aromatic N) is 1. The molecule has 1 fully saturated rings. The molecule has 0 spiro atoms. The van der Waals surface area contributed by atoms with Crippen molar-refractivity contribution in [2.45, 2.75) is 31.7 Å². The summed E-state index contributed by atoms with van der Waals surface area (Å²) in [6.07, 6.45) is 6.12. The molecule has 2 aromatic carbocycles. The van der Waals surface area contributed by atoms with Crippen LogP contribution in [-0.4, -0.2) is 29.8 Å². The van der Waals surface area contributed by atoms with Crippen molar-refractivity contribution in [3.63, 3.8) is 0 Å². The quantitative estimate of drug-likeness (QED) is 0.803. The zero-order valence-electron chi connectivity index (χ0n) is 16.3. The van der Waals surface area contributed by atoms with E-state index in [0.29, 0.717) is 32.4 Å². The van der Waals surface area contributed by atoms with Crippen LogP contribution in [0.3, 0.4) is 0 Å². The average Bonchev–Trinajstić information content (AvgIpc) is 3.17. The van der Waals surface area contributed by atoms with Crippen LogP contribution in [0.2, 0.25) is 0 Å². The number of piperidine rings is 1. The van der Waals surface area contributed by atoms with E-state index in [9.17, 15) is 14.0 Å². The second kappa shape index (κ2) is 8.60. The van der Waals surface area contributed by atoms with Gasteiger partial charge < -0.3 is 10.2 Å². The van der Waals surface area contributed by atoms with Crippen LogP contribution in [0, 0.1) is 11.7 Å². The summed E-state index contributed by atoms with van der Waals surface area (Å²) in [5.41, 5.74) is 2.61. The van der Waals surface area contributed by atoms with Crippen LogP contribution in [-0.2, 0) is 16.0 Å². The molecule has 150 valence electrons. The molecular formula is C24H25FN2O2. The van der Waals surface area contributed by atoms with Crippen molar-refractivity contribution in [1.29, 1.82) is 0 Å². The van der Waals surface area contributed by atoms with E-state index in [1.165, 1.54) is 6.07 Å². The first-order valence-electron chi connectivity index (χ1n) is 10.2. The number of hydrogen-bond donors (Lipinski definition) is 1. The van der Waals surface area contributed by atoms with Gasteiger partial charge in [-0.15, -0.1) is 0 Å². The van der Waals surface area contributed by atoms with E-state index >= 15 is 0 Å². The Hall–Kier alpha value is -2.95. The van der Waals surface area contributed by atoms with Gasteiger partial charge in [-0.2, -0.15) is 0 Å². The molecule has 2 amide bonds. The Kier molecular flexibility index (Phi) is 5.74. The summed E-state index contributed by atoms with van der Waals surface area (Å²) in [6.45, 7) is 1.15. The number of amides is 2. The summed E-state index contributed by atoms with van der Waals surface area (Å²) < 4.78 is 13.9. The highest BCUT2D eigenvalue weighted by molar-refractivity contribution is 5.92. The SMILES string of the molecule is O=C(NC1CCc2c(F)cccc21)C1CCN(C(=O)/C=C/c2ccccc2)CC1. The van der Waals surface area contributed by atoms with E-state index in [-0.39, 0.29) is 29.6 Å². The Morgan fingerprint density at radius 1 is 1.00 bits per heavy atom. The zero-order valence-corrected chi connectivity index (χ0v) is 16.3. The molecule has 0 aromatic heterocycles. The maximum Gasteiger partial charge on any atom is 0.246 e. The Morgan fingerprint density at radius 3 is 2.52 bits per heavy atom. The predicted octanol–water partition coefficient (Wildman–Crippen LogP) is 3.88. The number of carbonyl (C=O) groups excluding carboxylic acids is 2. The number of carbonyl (C=O) groups is 2. The third kappa shape index (κ3) is 4.39. The number of benzene rings is 2. The largest absolute Gasteiger partial charge is 0.349 e. The first-order valence-corrected chi connectivity index (χ1v) is 10.2.